The van der Waals surface area contributed by atoms with Crippen LogP contribution in [0.2, 0.25) is 0 Å². The molecule has 0 aliphatic carbocycles. The van der Waals surface area contributed by atoms with E-state index < -0.39 is 0 Å². The van der Waals surface area contributed by atoms with Gasteiger partial charge in [-0.05, 0) is 62.2 Å². The third-order valence-corrected chi connectivity index (χ3v) is 4.91. The van der Waals surface area contributed by atoms with E-state index in [0.29, 0.717) is 35.5 Å². The van der Waals surface area contributed by atoms with Crippen molar-refractivity contribution in [2.75, 3.05) is 22.5 Å². The van der Waals surface area contributed by atoms with E-state index in [4.69, 9.17) is 0 Å². The number of benzene rings is 3. The van der Waals surface area contributed by atoms with Gasteiger partial charge in [-0.2, -0.15) is 0 Å². The van der Waals surface area contributed by atoms with Crippen molar-refractivity contribution >= 4 is 34.8 Å². The second-order valence-electron chi connectivity index (χ2n) is 8.23. The van der Waals surface area contributed by atoms with E-state index in [0.717, 1.165) is 5.56 Å². The van der Waals surface area contributed by atoms with Crippen molar-refractivity contribution in [3.8, 4) is 0 Å². The zero-order valence-electron chi connectivity index (χ0n) is 19.4. The van der Waals surface area contributed by atoms with Gasteiger partial charge in [0.15, 0.2) is 0 Å². The summed E-state index contributed by atoms with van der Waals surface area (Å²) >= 11 is 0. The van der Waals surface area contributed by atoms with Gasteiger partial charge >= 0.3 is 0 Å². The lowest BCUT2D eigenvalue weighted by Crippen LogP contribution is -2.30. The standard InChI is InChI=1S/C27H30N4O3/c1-19(2)29-27(34)21-10-6-11-22(16-21)28-18-26(33)31-24-13-7-12-23(17-24)30-25(32)15-14-20-8-4-3-5-9-20/h3-13,16-17,19,28H,14-15,18H2,1-2H3,(H,29,34)(H,30,32)(H,31,33). The third-order valence-electron chi connectivity index (χ3n) is 4.91. The van der Waals surface area contributed by atoms with Crippen molar-refractivity contribution in [1.29, 1.82) is 0 Å². The summed E-state index contributed by atoms with van der Waals surface area (Å²) in [5.41, 5.74) is 3.50. The normalized spacial score (nSPS) is 10.4. The number of carbonyl (C=O) groups is 3. The lowest BCUT2D eigenvalue weighted by Gasteiger charge is -2.12. The Balaban J connectivity index is 1.48. The molecule has 34 heavy (non-hydrogen) atoms. The summed E-state index contributed by atoms with van der Waals surface area (Å²) in [6.45, 7) is 3.83. The molecular weight excluding hydrogens is 428 g/mol. The van der Waals surface area contributed by atoms with Crippen LogP contribution in [-0.2, 0) is 16.0 Å². The first-order chi connectivity index (χ1) is 16.4. The summed E-state index contributed by atoms with van der Waals surface area (Å²) in [6.07, 6.45) is 1.04. The first-order valence-electron chi connectivity index (χ1n) is 11.3. The SMILES string of the molecule is CC(C)NC(=O)c1cccc(NCC(=O)Nc2cccc(NC(=O)CCc3ccccc3)c2)c1. The van der Waals surface area contributed by atoms with Gasteiger partial charge in [0.05, 0.1) is 6.54 Å². The van der Waals surface area contributed by atoms with Crippen LogP contribution in [0.1, 0.15) is 36.2 Å². The van der Waals surface area contributed by atoms with Crippen molar-refractivity contribution in [2.45, 2.75) is 32.7 Å². The van der Waals surface area contributed by atoms with E-state index in [1.807, 2.05) is 44.2 Å². The molecule has 0 saturated heterocycles. The number of hydrogen-bond acceptors (Lipinski definition) is 4. The molecule has 0 fully saturated rings. The fourth-order valence-electron chi connectivity index (χ4n) is 3.30. The molecule has 0 spiro atoms. The largest absolute Gasteiger partial charge is 0.376 e. The fourth-order valence-corrected chi connectivity index (χ4v) is 3.30. The lowest BCUT2D eigenvalue weighted by molar-refractivity contribution is -0.116. The quantitative estimate of drug-likeness (QED) is 0.361. The maximum atomic E-state index is 12.4. The number of carbonyl (C=O) groups excluding carboxylic acids is 3. The highest BCUT2D eigenvalue weighted by molar-refractivity contribution is 5.97. The van der Waals surface area contributed by atoms with Crippen LogP contribution in [-0.4, -0.2) is 30.3 Å². The zero-order chi connectivity index (χ0) is 24.3. The van der Waals surface area contributed by atoms with Gasteiger partial charge in [-0.1, -0.05) is 42.5 Å². The minimum absolute atomic E-state index is 0.0307. The topological polar surface area (TPSA) is 99.3 Å². The maximum absolute atomic E-state index is 12.4. The highest BCUT2D eigenvalue weighted by Crippen LogP contribution is 2.16. The number of rotatable bonds is 10. The van der Waals surface area contributed by atoms with Gasteiger partial charge in [0, 0.05) is 35.1 Å². The van der Waals surface area contributed by atoms with Crippen LogP contribution in [0.25, 0.3) is 0 Å². The summed E-state index contributed by atoms with van der Waals surface area (Å²) in [6, 6.07) is 23.9. The summed E-state index contributed by atoms with van der Waals surface area (Å²) in [7, 11) is 0. The number of nitrogens with one attached hydrogen (secondary N) is 4. The van der Waals surface area contributed by atoms with E-state index in [9.17, 15) is 14.4 Å². The Morgan fingerprint density at radius 1 is 0.735 bits per heavy atom. The monoisotopic (exact) mass is 458 g/mol. The van der Waals surface area contributed by atoms with Crippen LogP contribution in [0.4, 0.5) is 17.1 Å². The van der Waals surface area contributed by atoms with Crippen molar-refractivity contribution in [2.24, 2.45) is 0 Å². The van der Waals surface area contributed by atoms with Crippen LogP contribution in [0.5, 0.6) is 0 Å². The second kappa shape index (κ2) is 12.2. The van der Waals surface area contributed by atoms with Gasteiger partial charge < -0.3 is 21.3 Å². The molecule has 176 valence electrons. The zero-order valence-corrected chi connectivity index (χ0v) is 19.4. The summed E-state index contributed by atoms with van der Waals surface area (Å²) in [5, 5.41) is 11.6. The first-order valence-corrected chi connectivity index (χ1v) is 11.3. The lowest BCUT2D eigenvalue weighted by atomic mass is 10.1. The van der Waals surface area contributed by atoms with Gasteiger partial charge in [-0.15, -0.1) is 0 Å². The van der Waals surface area contributed by atoms with Crippen LogP contribution in [0.15, 0.2) is 78.9 Å². The molecule has 3 aromatic rings. The van der Waals surface area contributed by atoms with Gasteiger partial charge in [0.1, 0.15) is 0 Å². The Kier molecular flexibility index (Phi) is 8.80. The van der Waals surface area contributed by atoms with E-state index in [1.54, 1.807) is 48.5 Å². The maximum Gasteiger partial charge on any atom is 0.251 e. The van der Waals surface area contributed by atoms with Gasteiger partial charge in [-0.3, -0.25) is 14.4 Å². The smallest absolute Gasteiger partial charge is 0.251 e. The van der Waals surface area contributed by atoms with Gasteiger partial charge in [0.2, 0.25) is 11.8 Å². The molecule has 0 aliphatic rings. The fraction of sp³-hybridized carbons (Fsp3) is 0.222. The molecule has 0 bridgehead atoms. The van der Waals surface area contributed by atoms with E-state index in [2.05, 4.69) is 21.3 Å². The van der Waals surface area contributed by atoms with Crippen LogP contribution < -0.4 is 21.3 Å². The molecule has 7 heteroatoms. The molecule has 0 radical (unpaired) electrons. The summed E-state index contributed by atoms with van der Waals surface area (Å²) in [5.74, 6) is -0.495. The highest BCUT2D eigenvalue weighted by Gasteiger charge is 2.09. The van der Waals surface area contributed by atoms with Crippen molar-refractivity contribution in [1.82, 2.24) is 5.32 Å². The molecule has 0 atom stereocenters. The molecule has 3 aromatic carbocycles. The molecule has 0 aliphatic heterocycles. The molecule has 0 saturated carbocycles. The van der Waals surface area contributed by atoms with Crippen LogP contribution >= 0.6 is 0 Å². The average Bonchev–Trinajstić information content (AvgIpc) is 2.82. The summed E-state index contributed by atoms with van der Waals surface area (Å²) in [4.78, 5) is 36.8. The molecule has 3 rings (SSSR count). The number of hydrogen-bond donors (Lipinski definition) is 4. The van der Waals surface area contributed by atoms with Crippen LogP contribution in [0.3, 0.4) is 0 Å². The van der Waals surface area contributed by atoms with Crippen molar-refractivity contribution in [3.05, 3.63) is 90.0 Å². The highest BCUT2D eigenvalue weighted by atomic mass is 16.2. The Hall–Kier alpha value is -4.13. The predicted molar refractivity (Wildman–Crippen MR) is 136 cm³/mol. The van der Waals surface area contributed by atoms with Crippen LogP contribution in [0, 0.1) is 0 Å². The van der Waals surface area contributed by atoms with E-state index in [-0.39, 0.29) is 30.3 Å². The summed E-state index contributed by atoms with van der Waals surface area (Å²) < 4.78 is 0. The molecule has 7 nitrogen and oxygen atoms in total. The molecule has 0 unspecified atom stereocenters. The minimum atomic E-state index is -0.246. The van der Waals surface area contributed by atoms with Gasteiger partial charge in [0.25, 0.3) is 5.91 Å². The number of aryl methyl sites for hydroxylation is 1. The third kappa shape index (κ3) is 8.09. The van der Waals surface area contributed by atoms with E-state index in [1.165, 1.54) is 0 Å². The molecule has 3 amide bonds. The Morgan fingerprint density at radius 3 is 2.09 bits per heavy atom. The minimum Gasteiger partial charge on any atom is -0.376 e. The predicted octanol–water partition coefficient (Wildman–Crippen LogP) is 4.45. The Labute approximate surface area is 200 Å². The number of anilines is 3. The molecule has 4 N–H and O–H groups in total. The molecule has 0 aromatic heterocycles. The van der Waals surface area contributed by atoms with E-state index >= 15 is 0 Å². The van der Waals surface area contributed by atoms with Gasteiger partial charge in [-0.25, -0.2) is 0 Å². The second-order valence-corrected chi connectivity index (χ2v) is 8.23. The number of amides is 3. The van der Waals surface area contributed by atoms with Crippen molar-refractivity contribution in [3.63, 3.8) is 0 Å². The Bertz CT molecular complexity index is 1130. The Morgan fingerprint density at radius 2 is 1.38 bits per heavy atom. The molecule has 0 heterocycles. The van der Waals surface area contributed by atoms with Crippen molar-refractivity contribution < 1.29 is 14.4 Å². The first kappa shape index (κ1) is 24.5. The average molecular weight is 459 g/mol. The molecular formula is C27H30N4O3.